The van der Waals surface area contributed by atoms with Crippen molar-refractivity contribution in [1.82, 2.24) is 15.5 Å². The first-order valence-electron chi connectivity index (χ1n) is 9.68. The molecule has 1 atom stereocenters. The van der Waals surface area contributed by atoms with Gasteiger partial charge in [-0.05, 0) is 29.7 Å². The first kappa shape index (κ1) is 22.4. The van der Waals surface area contributed by atoms with Crippen LogP contribution in [-0.2, 0) is 22.6 Å². The molecule has 2 aromatic rings. The number of aromatic hydroxyl groups is 1. The van der Waals surface area contributed by atoms with Gasteiger partial charge in [0, 0.05) is 33.1 Å². The zero-order chi connectivity index (χ0) is 21.1. The van der Waals surface area contributed by atoms with Crippen LogP contribution in [0, 0.1) is 0 Å². The number of nitrogens with one attached hydrogen (secondary N) is 2. The number of hydrogen-bond acceptors (Lipinski definition) is 5. The van der Waals surface area contributed by atoms with Gasteiger partial charge in [-0.25, -0.2) is 0 Å². The fraction of sp³-hybridized carbons (Fsp3) is 0.364. The molecule has 0 heterocycles. The Morgan fingerprint density at radius 3 is 2.34 bits per heavy atom. The molecule has 2 aromatic carbocycles. The maximum Gasteiger partial charge on any atom is 0.243 e. The molecule has 0 aliphatic rings. The highest BCUT2D eigenvalue weighted by Gasteiger charge is 2.22. The molecule has 0 aliphatic carbocycles. The number of phenols is 1. The molecule has 7 heteroatoms. The van der Waals surface area contributed by atoms with Crippen molar-refractivity contribution in [3.05, 3.63) is 65.7 Å². The Balaban J connectivity index is 1.94. The van der Waals surface area contributed by atoms with Gasteiger partial charge in [-0.15, -0.1) is 0 Å². The van der Waals surface area contributed by atoms with Crippen LogP contribution in [0.2, 0.25) is 0 Å². The molecule has 0 aliphatic heterocycles. The smallest absolute Gasteiger partial charge is 0.243 e. The average Bonchev–Trinajstić information content (AvgIpc) is 2.69. The summed E-state index contributed by atoms with van der Waals surface area (Å²) in [5.41, 5.74) is 2.06. The summed E-state index contributed by atoms with van der Waals surface area (Å²) in [4.78, 5) is 26.2. The molecule has 0 aromatic heterocycles. The van der Waals surface area contributed by atoms with Crippen LogP contribution in [0.4, 0.5) is 0 Å². The summed E-state index contributed by atoms with van der Waals surface area (Å²) >= 11 is 0. The number of carbonyl (C=O) groups excluding carboxylic acids is 2. The predicted octanol–water partition coefficient (Wildman–Crippen LogP) is 1.05. The van der Waals surface area contributed by atoms with Crippen molar-refractivity contribution in [1.29, 1.82) is 0 Å². The minimum Gasteiger partial charge on any atom is -0.508 e. The Morgan fingerprint density at radius 1 is 1.03 bits per heavy atom. The van der Waals surface area contributed by atoms with E-state index in [4.69, 9.17) is 0 Å². The third kappa shape index (κ3) is 8.33. The Labute approximate surface area is 171 Å². The summed E-state index contributed by atoms with van der Waals surface area (Å²) in [6, 6.07) is 15.9. The fourth-order valence-corrected chi connectivity index (χ4v) is 3.03. The van der Waals surface area contributed by atoms with Gasteiger partial charge in [0.25, 0.3) is 0 Å². The highest BCUT2D eigenvalue weighted by Crippen LogP contribution is 2.10. The van der Waals surface area contributed by atoms with Crippen LogP contribution < -0.4 is 10.6 Å². The summed E-state index contributed by atoms with van der Waals surface area (Å²) in [6.07, 6.45) is 0.614. The van der Waals surface area contributed by atoms with Crippen molar-refractivity contribution >= 4 is 11.8 Å². The number of carbonyl (C=O) groups is 2. The van der Waals surface area contributed by atoms with E-state index in [1.807, 2.05) is 35.2 Å². The van der Waals surface area contributed by atoms with Crippen LogP contribution >= 0.6 is 0 Å². The second-order valence-corrected chi connectivity index (χ2v) is 6.90. The summed E-state index contributed by atoms with van der Waals surface area (Å²) in [5.74, 6) is -0.353. The first-order valence-corrected chi connectivity index (χ1v) is 9.68. The van der Waals surface area contributed by atoms with Gasteiger partial charge in [-0.2, -0.15) is 0 Å². The number of aliphatic hydroxyl groups is 1. The van der Waals surface area contributed by atoms with Crippen molar-refractivity contribution in [2.75, 3.05) is 26.2 Å². The minimum atomic E-state index is -0.720. The summed E-state index contributed by atoms with van der Waals surface area (Å²) in [5, 5.41) is 24.3. The van der Waals surface area contributed by atoms with Crippen LogP contribution in [0.15, 0.2) is 54.6 Å². The maximum absolute atomic E-state index is 12.7. The lowest BCUT2D eigenvalue weighted by molar-refractivity contribution is -0.128. The van der Waals surface area contributed by atoms with Crippen LogP contribution in [0.3, 0.4) is 0 Å². The zero-order valence-corrected chi connectivity index (χ0v) is 16.7. The van der Waals surface area contributed by atoms with E-state index >= 15 is 0 Å². The maximum atomic E-state index is 12.7. The van der Waals surface area contributed by atoms with Crippen LogP contribution in [0.25, 0.3) is 0 Å². The molecular formula is C22H29N3O4. The number of nitrogens with zero attached hydrogens (tertiary/aromatic N) is 1. The molecule has 0 radical (unpaired) electrons. The molecule has 2 rings (SSSR count). The first-order chi connectivity index (χ1) is 14.0. The second-order valence-electron chi connectivity index (χ2n) is 6.90. The molecule has 2 amide bonds. The summed E-state index contributed by atoms with van der Waals surface area (Å²) in [6.45, 7) is 3.01. The molecule has 4 N–H and O–H groups in total. The van der Waals surface area contributed by atoms with Gasteiger partial charge >= 0.3 is 0 Å². The standard InChI is InChI=1S/C22H29N3O4/c1-17(27)24-21(16-25(13-14-26)15-19-5-3-2-4-6-19)22(29)23-12-11-18-7-9-20(28)10-8-18/h2-10,21,26,28H,11-16H2,1H3,(H,23,29)(H,24,27). The van der Waals surface area contributed by atoms with Crippen molar-refractivity contribution in [3.63, 3.8) is 0 Å². The van der Waals surface area contributed by atoms with Crippen molar-refractivity contribution in [3.8, 4) is 5.75 Å². The molecule has 1 unspecified atom stereocenters. The molecule has 0 spiro atoms. The van der Waals surface area contributed by atoms with E-state index < -0.39 is 6.04 Å². The van der Waals surface area contributed by atoms with Gasteiger partial charge < -0.3 is 20.8 Å². The predicted molar refractivity (Wildman–Crippen MR) is 111 cm³/mol. The van der Waals surface area contributed by atoms with Crippen molar-refractivity contribution in [2.24, 2.45) is 0 Å². The van der Waals surface area contributed by atoms with E-state index in [-0.39, 0.29) is 24.2 Å². The van der Waals surface area contributed by atoms with Gasteiger partial charge in [0.15, 0.2) is 0 Å². The Bertz CT molecular complexity index is 765. The SMILES string of the molecule is CC(=O)NC(CN(CCO)Cc1ccccc1)C(=O)NCCc1ccc(O)cc1. The zero-order valence-electron chi connectivity index (χ0n) is 16.7. The van der Waals surface area contributed by atoms with Gasteiger partial charge in [0.05, 0.1) is 6.61 Å². The summed E-state index contributed by atoms with van der Waals surface area (Å²) < 4.78 is 0. The molecule has 0 bridgehead atoms. The second kappa shape index (κ2) is 11.8. The third-order valence-electron chi connectivity index (χ3n) is 4.45. The van der Waals surface area contributed by atoms with E-state index in [0.29, 0.717) is 32.6 Å². The average molecular weight is 399 g/mol. The monoisotopic (exact) mass is 399 g/mol. The number of phenolic OH excluding ortho intramolecular Hbond substituents is 1. The topological polar surface area (TPSA) is 102 Å². The van der Waals surface area contributed by atoms with Crippen LogP contribution in [0.1, 0.15) is 18.1 Å². The van der Waals surface area contributed by atoms with Gasteiger partial charge in [0.2, 0.25) is 11.8 Å². The quantitative estimate of drug-likeness (QED) is 0.452. The lowest BCUT2D eigenvalue weighted by Crippen LogP contribution is -2.52. The Morgan fingerprint density at radius 2 is 1.72 bits per heavy atom. The van der Waals surface area contributed by atoms with E-state index in [1.54, 1.807) is 24.3 Å². The Kier molecular flexibility index (Phi) is 9.14. The van der Waals surface area contributed by atoms with E-state index in [1.165, 1.54) is 6.92 Å². The number of rotatable bonds is 11. The minimum absolute atomic E-state index is 0.0396. The molecule has 0 saturated heterocycles. The van der Waals surface area contributed by atoms with E-state index in [0.717, 1.165) is 11.1 Å². The van der Waals surface area contributed by atoms with Crippen molar-refractivity contribution in [2.45, 2.75) is 25.9 Å². The highest BCUT2D eigenvalue weighted by molar-refractivity contribution is 5.87. The largest absolute Gasteiger partial charge is 0.508 e. The Hall–Kier alpha value is -2.90. The molecule has 0 saturated carbocycles. The molecule has 0 fully saturated rings. The number of amides is 2. The summed E-state index contributed by atoms with van der Waals surface area (Å²) in [7, 11) is 0. The highest BCUT2D eigenvalue weighted by atomic mass is 16.3. The molecule has 7 nitrogen and oxygen atoms in total. The normalized spacial score (nSPS) is 11.8. The van der Waals surface area contributed by atoms with Crippen LogP contribution in [0.5, 0.6) is 5.75 Å². The van der Waals surface area contributed by atoms with Gasteiger partial charge in [-0.1, -0.05) is 42.5 Å². The van der Waals surface area contributed by atoms with Crippen molar-refractivity contribution < 1.29 is 19.8 Å². The molecule has 156 valence electrons. The van der Waals surface area contributed by atoms with E-state index in [9.17, 15) is 19.8 Å². The molecular weight excluding hydrogens is 370 g/mol. The number of aliphatic hydroxyl groups excluding tert-OH is 1. The third-order valence-corrected chi connectivity index (χ3v) is 4.45. The van der Waals surface area contributed by atoms with Gasteiger partial charge in [-0.3, -0.25) is 14.5 Å². The lowest BCUT2D eigenvalue weighted by Gasteiger charge is -2.27. The molecule has 29 heavy (non-hydrogen) atoms. The fourth-order valence-electron chi connectivity index (χ4n) is 3.03. The number of benzene rings is 2. The number of hydrogen-bond donors (Lipinski definition) is 4. The van der Waals surface area contributed by atoms with Crippen LogP contribution in [-0.4, -0.2) is 59.2 Å². The lowest BCUT2D eigenvalue weighted by atomic mass is 10.1. The van der Waals surface area contributed by atoms with E-state index in [2.05, 4.69) is 10.6 Å². The van der Waals surface area contributed by atoms with Gasteiger partial charge in [0.1, 0.15) is 11.8 Å².